The predicted molar refractivity (Wildman–Crippen MR) is 349 cm³/mol. The summed E-state index contributed by atoms with van der Waals surface area (Å²) in [6.45, 7) is 5.17. The smallest absolute Gasteiger partial charge is 0.263 e. The number of nitrogens with zero attached hydrogens (tertiary/aromatic N) is 6. The highest BCUT2D eigenvalue weighted by atomic mass is 35.5. The molecule has 6 aromatic heterocycles. The standard InChI is InChI=1S/C20H17ClN4O3S2.2C20H17FN4O3S2/c1-13(25-11-9-14-3-2-4-17(21)18(14)25)19(26)23-15-5-7-16(8-6-15)30(27,28)24-20-22-10-12-29-20;1-13(25-10-8-14-12-15(21)2-7-18(14)25)19(26)23-16-3-5-17(6-4-16)30(27,28)24-20-22-9-11-29-20;1-13(25-11-9-14-3-2-4-17(21)18(14)25)19(26)23-15-5-7-16(8-6-15)30(27,28)24-20-22-10-12-29-20/h3*2-13H,1H3,(H,22,24)(H,23,26). The molecule has 0 spiro atoms. The van der Waals surface area contributed by atoms with Gasteiger partial charge in [0.25, 0.3) is 30.1 Å². The quantitative estimate of drug-likeness (QED) is 0.0468. The summed E-state index contributed by atoms with van der Waals surface area (Å²) >= 11 is 9.84. The molecule has 0 aliphatic rings. The number of nitrogens with one attached hydrogen (secondary N) is 6. The lowest BCUT2D eigenvalue weighted by Crippen LogP contribution is -2.23. The Morgan fingerprint density at radius 3 is 1.23 bits per heavy atom. The molecule has 90 heavy (non-hydrogen) atoms. The maximum absolute atomic E-state index is 14.2. The summed E-state index contributed by atoms with van der Waals surface area (Å²) in [5.74, 6) is -1.62. The number of hydrogen-bond acceptors (Lipinski definition) is 15. The van der Waals surface area contributed by atoms with Crippen molar-refractivity contribution in [1.29, 1.82) is 0 Å². The van der Waals surface area contributed by atoms with E-state index in [0.717, 1.165) is 16.4 Å². The summed E-state index contributed by atoms with van der Waals surface area (Å²) in [6, 6.07) is 35.9. The van der Waals surface area contributed by atoms with E-state index in [1.165, 1.54) is 131 Å². The van der Waals surface area contributed by atoms with Gasteiger partial charge in [0, 0.05) is 92.1 Å². The van der Waals surface area contributed by atoms with E-state index in [1.807, 2.05) is 29.0 Å². The fourth-order valence-electron chi connectivity index (χ4n) is 9.08. The lowest BCUT2D eigenvalue weighted by molar-refractivity contribution is -0.119. The third-order valence-electron chi connectivity index (χ3n) is 13.7. The minimum Gasteiger partial charge on any atom is -0.335 e. The van der Waals surface area contributed by atoms with Crippen LogP contribution in [-0.4, -0.2) is 71.6 Å². The van der Waals surface area contributed by atoms with E-state index in [-0.39, 0.29) is 48.5 Å². The normalized spacial score (nSPS) is 12.6. The van der Waals surface area contributed by atoms with Crippen LogP contribution in [0.2, 0.25) is 5.02 Å². The van der Waals surface area contributed by atoms with E-state index in [4.69, 9.17) is 11.6 Å². The van der Waals surface area contributed by atoms with Gasteiger partial charge in [-0.1, -0.05) is 35.9 Å². The van der Waals surface area contributed by atoms with Crippen molar-refractivity contribution in [2.24, 2.45) is 0 Å². The molecule has 3 amide bonds. The highest BCUT2D eigenvalue weighted by Gasteiger charge is 2.24. The first-order valence-corrected chi connectivity index (χ1v) is 34.3. The van der Waals surface area contributed by atoms with Crippen LogP contribution in [0.3, 0.4) is 0 Å². The van der Waals surface area contributed by atoms with E-state index in [1.54, 1.807) is 107 Å². The monoisotopic (exact) mass is 1350 g/mol. The van der Waals surface area contributed by atoms with Crippen LogP contribution in [0.4, 0.5) is 41.2 Å². The molecule has 0 radical (unpaired) electrons. The lowest BCUT2D eigenvalue weighted by atomic mass is 10.2. The van der Waals surface area contributed by atoms with Crippen LogP contribution in [0.1, 0.15) is 38.9 Å². The molecule has 21 nitrogen and oxygen atoms in total. The summed E-state index contributed by atoms with van der Waals surface area (Å²) < 4.78 is 114. The van der Waals surface area contributed by atoms with Gasteiger partial charge in [-0.15, -0.1) is 34.0 Å². The molecule has 0 aliphatic carbocycles. The molecule has 12 rings (SSSR count). The number of hydrogen-bond donors (Lipinski definition) is 6. The fraction of sp³-hybridized carbons (Fsp3) is 0.100. The SMILES string of the molecule is CC(C(=O)Nc1ccc(S(=O)(=O)Nc2nccs2)cc1)n1ccc2cc(F)ccc21.CC(C(=O)Nc1ccc(S(=O)(=O)Nc2nccs2)cc1)n1ccc2cccc(Cl)c21.CC(C(=O)Nc1ccc(S(=O)(=O)Nc2nccs2)cc1)n1ccc2cccc(F)c21. The zero-order chi connectivity index (χ0) is 63.9. The van der Waals surface area contributed by atoms with Crippen LogP contribution in [0.15, 0.2) is 214 Å². The number of carbonyl (C=O) groups excluding carboxylic acids is 3. The Kier molecular flexibility index (Phi) is 19.2. The first-order chi connectivity index (χ1) is 43.0. The van der Waals surface area contributed by atoms with Crippen molar-refractivity contribution >= 4 is 159 Å². The summed E-state index contributed by atoms with van der Waals surface area (Å²) in [5, 5.41) is 17.1. The molecule has 30 heteroatoms. The molecule has 3 unspecified atom stereocenters. The summed E-state index contributed by atoms with van der Waals surface area (Å²) in [6.07, 6.45) is 9.74. The minimum absolute atomic E-state index is 0.0437. The Balaban J connectivity index is 0.000000148. The fourth-order valence-corrected chi connectivity index (χ4v) is 14.7. The second-order valence-electron chi connectivity index (χ2n) is 19.6. The number of sulfonamides is 3. The van der Waals surface area contributed by atoms with Crippen LogP contribution in [0, 0.1) is 11.6 Å². The topological polar surface area (TPSA) is 279 Å². The van der Waals surface area contributed by atoms with Crippen LogP contribution >= 0.6 is 45.6 Å². The van der Waals surface area contributed by atoms with Crippen molar-refractivity contribution in [1.82, 2.24) is 28.7 Å². The number of carbonyl (C=O) groups is 3. The second-order valence-corrected chi connectivity index (χ2v) is 27.8. The van der Waals surface area contributed by atoms with Crippen molar-refractivity contribution in [3.05, 3.63) is 216 Å². The Morgan fingerprint density at radius 2 is 0.822 bits per heavy atom. The molecule has 3 atom stereocenters. The third kappa shape index (κ3) is 14.9. The van der Waals surface area contributed by atoms with E-state index in [0.29, 0.717) is 43.5 Å². The molecular weight excluding hydrogens is 1300 g/mol. The average Bonchev–Trinajstić information content (AvgIpc) is 2.16. The van der Waals surface area contributed by atoms with Gasteiger partial charge in [-0.3, -0.25) is 28.5 Å². The Bertz CT molecular complexity index is 4670. The molecule has 0 aliphatic heterocycles. The van der Waals surface area contributed by atoms with Gasteiger partial charge in [0.1, 0.15) is 29.8 Å². The Hall–Kier alpha value is -9.36. The number of fused-ring (bicyclic) bond motifs is 3. The largest absolute Gasteiger partial charge is 0.335 e. The number of aromatic nitrogens is 6. The highest BCUT2D eigenvalue weighted by Crippen LogP contribution is 2.30. The number of anilines is 6. The number of benzene rings is 6. The van der Waals surface area contributed by atoms with Crippen molar-refractivity contribution in [3.8, 4) is 0 Å². The number of thiazole rings is 3. The number of para-hydroxylation sites is 2. The first-order valence-electron chi connectivity index (χ1n) is 26.8. The average molecular weight is 1350 g/mol. The van der Waals surface area contributed by atoms with E-state index in [9.17, 15) is 48.4 Å². The maximum atomic E-state index is 14.2. The van der Waals surface area contributed by atoms with Gasteiger partial charge in [0.05, 0.1) is 30.7 Å². The van der Waals surface area contributed by atoms with E-state index >= 15 is 0 Å². The molecule has 0 bridgehead atoms. The third-order valence-corrected chi connectivity index (χ3v) is 20.5. The zero-order valence-corrected chi connectivity index (χ0v) is 52.9. The van der Waals surface area contributed by atoms with Gasteiger partial charge in [0.2, 0.25) is 17.7 Å². The van der Waals surface area contributed by atoms with E-state index < -0.39 is 54.0 Å². The van der Waals surface area contributed by atoms with Crippen molar-refractivity contribution in [2.45, 2.75) is 53.6 Å². The highest BCUT2D eigenvalue weighted by molar-refractivity contribution is 7.93. The molecule has 6 heterocycles. The van der Waals surface area contributed by atoms with Gasteiger partial charge in [-0.25, -0.2) is 49.0 Å². The van der Waals surface area contributed by atoms with Gasteiger partial charge in [0.15, 0.2) is 15.4 Å². The molecule has 0 saturated heterocycles. The van der Waals surface area contributed by atoms with Crippen LogP contribution < -0.4 is 30.1 Å². The molecule has 6 N–H and O–H groups in total. The number of rotatable bonds is 18. The van der Waals surface area contributed by atoms with Crippen LogP contribution in [0.5, 0.6) is 0 Å². The summed E-state index contributed by atoms with van der Waals surface area (Å²) in [7, 11) is -11.3. The Morgan fingerprint density at radius 1 is 0.456 bits per heavy atom. The molecule has 462 valence electrons. The molecule has 12 aromatic rings. The van der Waals surface area contributed by atoms with Gasteiger partial charge in [-0.05, 0) is 142 Å². The molecule has 0 fully saturated rings. The zero-order valence-electron chi connectivity index (χ0n) is 47.2. The predicted octanol–water partition coefficient (Wildman–Crippen LogP) is 13.2. The van der Waals surface area contributed by atoms with Crippen molar-refractivity contribution < 1.29 is 48.4 Å². The van der Waals surface area contributed by atoms with Crippen molar-refractivity contribution in [3.63, 3.8) is 0 Å². The van der Waals surface area contributed by atoms with Gasteiger partial charge < -0.3 is 29.7 Å². The number of halogens is 3. The number of amides is 3. The van der Waals surface area contributed by atoms with Crippen molar-refractivity contribution in [2.75, 3.05) is 30.1 Å². The molecular formula is C60H51ClF2N12O9S6. The summed E-state index contributed by atoms with van der Waals surface area (Å²) in [5.41, 5.74) is 3.27. The molecule has 0 saturated carbocycles. The van der Waals surface area contributed by atoms with Crippen LogP contribution in [0.25, 0.3) is 32.7 Å². The first kappa shape index (κ1) is 63.7. The van der Waals surface area contributed by atoms with Gasteiger partial charge >= 0.3 is 0 Å². The van der Waals surface area contributed by atoms with E-state index in [2.05, 4.69) is 45.1 Å². The summed E-state index contributed by atoms with van der Waals surface area (Å²) in [4.78, 5) is 50.0. The minimum atomic E-state index is -3.77. The maximum Gasteiger partial charge on any atom is 0.263 e. The molecule has 6 aromatic carbocycles. The van der Waals surface area contributed by atoms with Crippen LogP contribution in [-0.2, 0) is 44.5 Å². The van der Waals surface area contributed by atoms with Gasteiger partial charge in [-0.2, -0.15) is 0 Å². The second kappa shape index (κ2) is 27.2. The Labute approximate surface area is 531 Å². The lowest BCUT2D eigenvalue weighted by Gasteiger charge is -2.16.